The zero-order valence-corrected chi connectivity index (χ0v) is 31.3. The molecule has 0 bridgehead atoms. The summed E-state index contributed by atoms with van der Waals surface area (Å²) < 4.78 is 2.09. The van der Waals surface area contributed by atoms with Crippen molar-refractivity contribution in [2.75, 3.05) is 0 Å². The van der Waals surface area contributed by atoms with E-state index in [1.807, 2.05) is 85.2 Å². The van der Waals surface area contributed by atoms with Crippen molar-refractivity contribution in [3.63, 3.8) is 0 Å². The normalized spacial score (nSPS) is 12.6. The second-order valence-corrected chi connectivity index (χ2v) is 14.5. The first kappa shape index (κ1) is 33.5. The quantitative estimate of drug-likeness (QED) is 0.163. The monoisotopic (exact) mass is 742 g/mol. The van der Waals surface area contributed by atoms with Crippen LogP contribution >= 0.6 is 0 Å². The Morgan fingerprint density at radius 2 is 0.862 bits per heavy atom. The Bertz CT molecular complexity index is 2980. The Morgan fingerprint density at radius 3 is 1.45 bits per heavy atom. The fourth-order valence-electron chi connectivity index (χ4n) is 8.65. The molecule has 0 amide bonds. The summed E-state index contributed by atoms with van der Waals surface area (Å²) in [4.78, 5) is 24.6. The highest BCUT2D eigenvalue weighted by Gasteiger charge is 2.47. The van der Waals surface area contributed by atoms with E-state index in [0.29, 0.717) is 17.6 Å². The van der Waals surface area contributed by atoms with Crippen LogP contribution in [-0.2, 0) is 5.41 Å². The summed E-state index contributed by atoms with van der Waals surface area (Å²) in [5.74, 6) is 1.83. The number of benzene rings is 6. The third-order valence-electron chi connectivity index (χ3n) is 11.3. The van der Waals surface area contributed by atoms with Gasteiger partial charge in [0.05, 0.1) is 22.3 Å². The molecule has 6 heteroatoms. The molecule has 0 radical (unpaired) electrons. The van der Waals surface area contributed by atoms with Gasteiger partial charge in [0, 0.05) is 40.7 Å². The second-order valence-electron chi connectivity index (χ2n) is 14.5. The predicted molar refractivity (Wildman–Crippen MR) is 231 cm³/mol. The van der Waals surface area contributed by atoms with Crippen LogP contribution in [0.15, 0.2) is 207 Å². The lowest BCUT2D eigenvalue weighted by molar-refractivity contribution is 0.765. The van der Waals surface area contributed by atoms with Crippen LogP contribution in [0.5, 0.6) is 0 Å². The Labute approximate surface area is 335 Å². The fraction of sp³-hybridized carbons (Fsp3) is 0.0192. The molecule has 0 atom stereocenters. The topological polar surface area (TPSA) is 69.4 Å². The van der Waals surface area contributed by atoms with Crippen molar-refractivity contribution in [2.24, 2.45) is 0 Å². The average Bonchev–Trinajstić information content (AvgIpc) is 3.85. The Balaban J connectivity index is 0.977. The van der Waals surface area contributed by atoms with Crippen molar-refractivity contribution in [1.82, 2.24) is 29.5 Å². The van der Waals surface area contributed by atoms with Gasteiger partial charge in [0.2, 0.25) is 5.95 Å². The third kappa shape index (κ3) is 5.38. The molecule has 0 aliphatic heterocycles. The van der Waals surface area contributed by atoms with E-state index in [1.165, 1.54) is 11.1 Å². The predicted octanol–water partition coefficient (Wildman–Crippen LogP) is 11.6. The van der Waals surface area contributed by atoms with E-state index in [9.17, 15) is 0 Å². The maximum atomic E-state index is 5.03. The zero-order chi connectivity index (χ0) is 38.5. The minimum atomic E-state index is -0.534. The van der Waals surface area contributed by atoms with Gasteiger partial charge in [-0.3, -0.25) is 14.5 Å². The molecule has 0 spiro atoms. The van der Waals surface area contributed by atoms with Gasteiger partial charge in [-0.2, -0.15) is 9.97 Å². The SMILES string of the molecule is c1ccc(-c2nc(-c3ccccc3)nc(-n3cc(-c4ccc(-c5ccc(C6(c7ccccc7)c7cccnc7-c7ncccc76)cc5)cc4)c4ccccc43)n2)cc1. The van der Waals surface area contributed by atoms with Crippen molar-refractivity contribution in [3.05, 3.63) is 229 Å². The van der Waals surface area contributed by atoms with Gasteiger partial charge in [-0.05, 0) is 57.1 Å². The van der Waals surface area contributed by atoms with Gasteiger partial charge in [-0.1, -0.05) is 170 Å². The number of pyridine rings is 2. The maximum absolute atomic E-state index is 5.03. The van der Waals surface area contributed by atoms with Gasteiger partial charge in [0.1, 0.15) is 0 Å². The molecule has 1 aliphatic rings. The Kier molecular flexibility index (Phi) is 7.93. The van der Waals surface area contributed by atoms with Crippen LogP contribution in [0.25, 0.3) is 73.3 Å². The summed E-state index contributed by atoms with van der Waals surface area (Å²) in [7, 11) is 0. The molecule has 4 heterocycles. The van der Waals surface area contributed by atoms with E-state index >= 15 is 0 Å². The summed E-state index contributed by atoms with van der Waals surface area (Å²) in [6.45, 7) is 0. The summed E-state index contributed by atoms with van der Waals surface area (Å²) in [5, 5.41) is 1.12. The van der Waals surface area contributed by atoms with Crippen LogP contribution in [0.3, 0.4) is 0 Å². The molecule has 0 saturated carbocycles. The van der Waals surface area contributed by atoms with Gasteiger partial charge in [-0.25, -0.2) is 4.98 Å². The first-order valence-corrected chi connectivity index (χ1v) is 19.4. The summed E-state index contributed by atoms with van der Waals surface area (Å²) in [6, 6.07) is 65.6. The molecular weight excluding hydrogens is 709 g/mol. The van der Waals surface area contributed by atoms with E-state index in [2.05, 4.69) is 126 Å². The highest BCUT2D eigenvalue weighted by atomic mass is 15.2. The van der Waals surface area contributed by atoms with Gasteiger partial charge in [0.25, 0.3) is 0 Å². The molecule has 0 fully saturated rings. The van der Waals surface area contributed by atoms with Crippen LogP contribution < -0.4 is 0 Å². The number of nitrogens with zero attached hydrogens (tertiary/aromatic N) is 6. The Hall–Kier alpha value is -7.83. The minimum Gasteiger partial charge on any atom is -0.285 e. The van der Waals surface area contributed by atoms with Crippen LogP contribution in [0.2, 0.25) is 0 Å². The number of hydrogen-bond donors (Lipinski definition) is 0. The molecule has 272 valence electrons. The summed E-state index contributed by atoms with van der Waals surface area (Å²) >= 11 is 0. The number of aromatic nitrogens is 6. The van der Waals surface area contributed by atoms with Gasteiger partial charge >= 0.3 is 0 Å². The lowest BCUT2D eigenvalue weighted by Crippen LogP contribution is -2.28. The molecule has 6 nitrogen and oxygen atoms in total. The zero-order valence-electron chi connectivity index (χ0n) is 31.3. The van der Waals surface area contributed by atoms with Gasteiger partial charge in [0.15, 0.2) is 11.6 Å². The van der Waals surface area contributed by atoms with Crippen LogP contribution in [0, 0.1) is 0 Å². The van der Waals surface area contributed by atoms with Crippen LogP contribution in [0.1, 0.15) is 22.3 Å². The Morgan fingerprint density at radius 1 is 0.379 bits per heavy atom. The first-order chi connectivity index (χ1) is 28.8. The van der Waals surface area contributed by atoms with E-state index in [1.54, 1.807) is 0 Å². The number of hydrogen-bond acceptors (Lipinski definition) is 5. The van der Waals surface area contributed by atoms with Gasteiger partial charge in [-0.15, -0.1) is 0 Å². The van der Waals surface area contributed by atoms with Gasteiger partial charge < -0.3 is 0 Å². The molecule has 10 aromatic rings. The first-order valence-electron chi connectivity index (χ1n) is 19.4. The molecule has 0 N–H and O–H groups in total. The molecule has 0 unspecified atom stereocenters. The van der Waals surface area contributed by atoms with E-state index in [4.69, 9.17) is 24.9 Å². The fourth-order valence-corrected chi connectivity index (χ4v) is 8.65. The standard InChI is InChI=1S/C52H34N6/c1-4-14-38(15-5-1)49-55-50(39-16-6-2-7-17-39)57-51(56-49)58-34-43(42-20-10-11-23-46(42)58)37-26-24-35(25-27-37)36-28-30-41(31-29-36)52(40-18-8-3-9-19-40)44-21-12-32-53-47(44)48-45(52)22-13-33-54-48/h1-34H. The summed E-state index contributed by atoms with van der Waals surface area (Å²) in [5.41, 5.74) is 13.4. The molecule has 11 rings (SSSR count). The molecule has 6 aromatic carbocycles. The van der Waals surface area contributed by atoms with Crippen molar-refractivity contribution in [3.8, 4) is 62.4 Å². The number of fused-ring (bicyclic) bond motifs is 4. The minimum absolute atomic E-state index is 0.534. The second kappa shape index (κ2) is 13.7. The molecule has 0 saturated heterocycles. The van der Waals surface area contributed by atoms with Crippen molar-refractivity contribution < 1.29 is 0 Å². The summed E-state index contributed by atoms with van der Waals surface area (Å²) in [6.07, 6.45) is 5.87. The smallest absolute Gasteiger partial charge is 0.238 e. The number of para-hydroxylation sites is 1. The van der Waals surface area contributed by atoms with Crippen molar-refractivity contribution in [1.29, 1.82) is 0 Å². The molecule has 4 aromatic heterocycles. The lowest BCUT2D eigenvalue weighted by Gasteiger charge is -2.33. The number of rotatable bonds is 7. The highest BCUT2D eigenvalue weighted by Crippen LogP contribution is 2.54. The third-order valence-corrected chi connectivity index (χ3v) is 11.3. The van der Waals surface area contributed by atoms with E-state index in [-0.39, 0.29) is 0 Å². The van der Waals surface area contributed by atoms with E-state index in [0.717, 1.165) is 66.8 Å². The molecular formula is C52H34N6. The van der Waals surface area contributed by atoms with Crippen LogP contribution in [0.4, 0.5) is 0 Å². The maximum Gasteiger partial charge on any atom is 0.238 e. The van der Waals surface area contributed by atoms with E-state index < -0.39 is 5.41 Å². The van der Waals surface area contributed by atoms with Crippen molar-refractivity contribution >= 4 is 10.9 Å². The highest BCUT2D eigenvalue weighted by molar-refractivity contribution is 5.97. The molecule has 58 heavy (non-hydrogen) atoms. The largest absolute Gasteiger partial charge is 0.285 e. The van der Waals surface area contributed by atoms with Crippen molar-refractivity contribution in [2.45, 2.75) is 5.41 Å². The average molecular weight is 743 g/mol. The van der Waals surface area contributed by atoms with Crippen LogP contribution in [-0.4, -0.2) is 29.5 Å². The molecule has 1 aliphatic carbocycles. The lowest BCUT2D eigenvalue weighted by atomic mass is 9.68.